The third-order valence-electron chi connectivity index (χ3n) is 4.79. The Morgan fingerprint density at radius 3 is 2.71 bits per heavy atom. The van der Waals surface area contributed by atoms with Gasteiger partial charge in [-0.1, -0.05) is 35.9 Å². The molecule has 7 heteroatoms. The number of fused-ring (bicyclic) bond motifs is 1. The molecule has 1 aliphatic heterocycles. The molecule has 0 bridgehead atoms. The molecule has 31 heavy (non-hydrogen) atoms. The summed E-state index contributed by atoms with van der Waals surface area (Å²) in [5, 5.41) is 3.32. The second-order valence-corrected chi connectivity index (χ2v) is 7.43. The second-order valence-electron chi connectivity index (χ2n) is 7.00. The van der Waals surface area contributed by atoms with Crippen molar-refractivity contribution < 1.29 is 19.1 Å². The molecule has 2 amide bonds. The van der Waals surface area contributed by atoms with E-state index in [2.05, 4.69) is 5.32 Å². The monoisotopic (exact) mass is 436 g/mol. The maximum Gasteiger partial charge on any atom is 0.265 e. The molecule has 1 aliphatic rings. The molecular weight excluding hydrogens is 416 g/mol. The summed E-state index contributed by atoms with van der Waals surface area (Å²) in [6.07, 6.45) is 0.674. The van der Waals surface area contributed by atoms with E-state index in [4.69, 9.17) is 21.1 Å². The van der Waals surface area contributed by atoms with Gasteiger partial charge in [0.1, 0.15) is 11.5 Å². The van der Waals surface area contributed by atoms with E-state index in [9.17, 15) is 9.59 Å². The molecule has 0 saturated carbocycles. The molecule has 0 saturated heterocycles. The van der Waals surface area contributed by atoms with Crippen molar-refractivity contribution in [3.8, 4) is 11.5 Å². The van der Waals surface area contributed by atoms with Crippen molar-refractivity contribution in [1.82, 2.24) is 0 Å². The predicted octanol–water partition coefficient (Wildman–Crippen LogP) is 4.79. The fourth-order valence-electron chi connectivity index (χ4n) is 3.29. The number of benzene rings is 3. The summed E-state index contributed by atoms with van der Waals surface area (Å²) in [6.45, 7) is 0.965. The van der Waals surface area contributed by atoms with Gasteiger partial charge in [-0.3, -0.25) is 9.59 Å². The average molecular weight is 437 g/mol. The maximum atomic E-state index is 12.5. The summed E-state index contributed by atoms with van der Waals surface area (Å²) in [4.78, 5) is 26.5. The highest BCUT2D eigenvalue weighted by Crippen LogP contribution is 2.34. The molecule has 3 aromatic rings. The first-order valence-electron chi connectivity index (χ1n) is 9.92. The van der Waals surface area contributed by atoms with Crippen molar-refractivity contribution in [2.45, 2.75) is 6.42 Å². The SMILES string of the molecule is O=C(Nc1ccc2c(c1)OCC(=O)N2CCCOc1ccccc1)c1cccc(Cl)c1. The number of amides is 2. The Balaban J connectivity index is 1.40. The topological polar surface area (TPSA) is 67.9 Å². The van der Waals surface area contributed by atoms with Crippen LogP contribution in [-0.4, -0.2) is 31.6 Å². The van der Waals surface area contributed by atoms with Gasteiger partial charge < -0.3 is 19.7 Å². The lowest BCUT2D eigenvalue weighted by atomic mass is 10.1. The smallest absolute Gasteiger partial charge is 0.265 e. The van der Waals surface area contributed by atoms with Crippen LogP contribution in [-0.2, 0) is 4.79 Å². The zero-order valence-corrected chi connectivity index (χ0v) is 17.5. The van der Waals surface area contributed by atoms with Gasteiger partial charge in [0.15, 0.2) is 6.61 Å². The van der Waals surface area contributed by atoms with E-state index in [0.29, 0.717) is 47.3 Å². The third-order valence-corrected chi connectivity index (χ3v) is 5.02. The van der Waals surface area contributed by atoms with Gasteiger partial charge in [0, 0.05) is 28.9 Å². The molecule has 0 fully saturated rings. The van der Waals surface area contributed by atoms with Gasteiger partial charge in [0.25, 0.3) is 11.8 Å². The number of halogens is 1. The summed E-state index contributed by atoms with van der Waals surface area (Å²) in [5.41, 5.74) is 1.71. The number of carbonyl (C=O) groups is 2. The molecule has 1 N–H and O–H groups in total. The van der Waals surface area contributed by atoms with Gasteiger partial charge in [0.05, 0.1) is 12.3 Å². The Bertz CT molecular complexity index is 1090. The minimum Gasteiger partial charge on any atom is -0.494 e. The van der Waals surface area contributed by atoms with Gasteiger partial charge in [-0.15, -0.1) is 0 Å². The predicted molar refractivity (Wildman–Crippen MR) is 120 cm³/mol. The quantitative estimate of drug-likeness (QED) is 0.541. The Labute approximate surface area is 185 Å². The zero-order chi connectivity index (χ0) is 21.6. The Kier molecular flexibility index (Phi) is 6.38. The molecule has 1 heterocycles. The molecule has 3 aromatic carbocycles. The van der Waals surface area contributed by atoms with Crippen LogP contribution in [0.3, 0.4) is 0 Å². The standard InChI is InChI=1S/C24H21ClN2O4/c25-18-7-4-6-17(14-18)24(29)26-19-10-11-21-22(15-19)31-16-23(28)27(21)12-5-13-30-20-8-2-1-3-9-20/h1-4,6-11,14-15H,5,12-13,16H2,(H,26,29). The highest BCUT2D eigenvalue weighted by atomic mass is 35.5. The molecular formula is C24H21ClN2O4. The van der Waals surface area contributed by atoms with E-state index in [1.807, 2.05) is 30.3 Å². The molecule has 0 unspecified atom stereocenters. The number of nitrogens with zero attached hydrogens (tertiary/aromatic N) is 1. The number of hydrogen-bond donors (Lipinski definition) is 1. The van der Waals surface area contributed by atoms with E-state index in [0.717, 1.165) is 5.75 Å². The van der Waals surface area contributed by atoms with Gasteiger partial charge in [-0.25, -0.2) is 0 Å². The Morgan fingerprint density at radius 1 is 1.06 bits per heavy atom. The van der Waals surface area contributed by atoms with Crippen molar-refractivity contribution in [3.63, 3.8) is 0 Å². The first kappa shape index (κ1) is 20.8. The minimum atomic E-state index is -0.274. The van der Waals surface area contributed by atoms with Crippen LogP contribution in [0.2, 0.25) is 5.02 Å². The van der Waals surface area contributed by atoms with Crippen molar-refractivity contribution in [3.05, 3.63) is 83.4 Å². The zero-order valence-electron chi connectivity index (χ0n) is 16.7. The summed E-state index contributed by atoms with van der Waals surface area (Å²) in [6, 6.07) is 21.5. The van der Waals surface area contributed by atoms with Crippen LogP contribution in [0.1, 0.15) is 16.8 Å². The lowest BCUT2D eigenvalue weighted by Crippen LogP contribution is -2.39. The molecule has 0 aliphatic carbocycles. The second kappa shape index (κ2) is 9.53. The molecule has 0 atom stereocenters. The van der Waals surface area contributed by atoms with Crippen LogP contribution in [0.5, 0.6) is 11.5 Å². The number of hydrogen-bond acceptors (Lipinski definition) is 4. The lowest BCUT2D eigenvalue weighted by molar-refractivity contribution is -0.121. The van der Waals surface area contributed by atoms with Gasteiger partial charge in [-0.05, 0) is 48.9 Å². The number of anilines is 2. The van der Waals surface area contributed by atoms with E-state index in [1.165, 1.54) is 0 Å². The first-order chi connectivity index (χ1) is 15.1. The highest BCUT2D eigenvalue weighted by Gasteiger charge is 2.25. The van der Waals surface area contributed by atoms with Crippen molar-refractivity contribution >= 4 is 34.8 Å². The van der Waals surface area contributed by atoms with Crippen molar-refractivity contribution in [2.24, 2.45) is 0 Å². The van der Waals surface area contributed by atoms with E-state index in [-0.39, 0.29) is 18.4 Å². The highest BCUT2D eigenvalue weighted by molar-refractivity contribution is 6.31. The average Bonchev–Trinajstić information content (AvgIpc) is 2.78. The molecule has 0 radical (unpaired) electrons. The Hall–Kier alpha value is -3.51. The number of ether oxygens (including phenoxy) is 2. The van der Waals surface area contributed by atoms with Crippen molar-refractivity contribution in [1.29, 1.82) is 0 Å². The summed E-state index contributed by atoms with van der Waals surface area (Å²) >= 11 is 5.96. The Morgan fingerprint density at radius 2 is 1.90 bits per heavy atom. The van der Waals surface area contributed by atoms with E-state index in [1.54, 1.807) is 47.4 Å². The van der Waals surface area contributed by atoms with Crippen molar-refractivity contribution in [2.75, 3.05) is 30.0 Å². The fraction of sp³-hybridized carbons (Fsp3) is 0.167. The van der Waals surface area contributed by atoms with Crippen LogP contribution in [0.4, 0.5) is 11.4 Å². The molecule has 6 nitrogen and oxygen atoms in total. The summed E-state index contributed by atoms with van der Waals surface area (Å²) in [7, 11) is 0. The molecule has 0 aromatic heterocycles. The number of carbonyl (C=O) groups excluding carboxylic acids is 2. The third kappa shape index (κ3) is 5.16. The molecule has 158 valence electrons. The largest absolute Gasteiger partial charge is 0.494 e. The first-order valence-corrected chi connectivity index (χ1v) is 10.3. The summed E-state index contributed by atoms with van der Waals surface area (Å²) in [5.74, 6) is 0.968. The summed E-state index contributed by atoms with van der Waals surface area (Å²) < 4.78 is 11.3. The molecule has 0 spiro atoms. The number of para-hydroxylation sites is 1. The lowest BCUT2D eigenvalue weighted by Gasteiger charge is -2.29. The number of rotatable bonds is 7. The van der Waals surface area contributed by atoms with Crippen LogP contribution < -0.4 is 19.7 Å². The fourth-order valence-corrected chi connectivity index (χ4v) is 3.48. The minimum absolute atomic E-state index is 0.0434. The van der Waals surface area contributed by atoms with Crippen LogP contribution in [0.25, 0.3) is 0 Å². The number of nitrogens with one attached hydrogen (secondary N) is 1. The van der Waals surface area contributed by atoms with Gasteiger partial charge in [-0.2, -0.15) is 0 Å². The van der Waals surface area contributed by atoms with Crippen LogP contribution in [0.15, 0.2) is 72.8 Å². The van der Waals surface area contributed by atoms with Crippen LogP contribution in [0, 0.1) is 0 Å². The normalized spacial score (nSPS) is 12.7. The maximum absolute atomic E-state index is 12.5. The van der Waals surface area contributed by atoms with Gasteiger partial charge >= 0.3 is 0 Å². The van der Waals surface area contributed by atoms with Gasteiger partial charge in [0.2, 0.25) is 0 Å². The molecule has 4 rings (SSSR count). The van der Waals surface area contributed by atoms with E-state index >= 15 is 0 Å². The van der Waals surface area contributed by atoms with Crippen LogP contribution >= 0.6 is 11.6 Å². The van der Waals surface area contributed by atoms with E-state index < -0.39 is 0 Å².